The van der Waals surface area contributed by atoms with Crippen LogP contribution in [0.25, 0.3) is 0 Å². The fourth-order valence-corrected chi connectivity index (χ4v) is 4.03. The van der Waals surface area contributed by atoms with Gasteiger partial charge in [-0.2, -0.15) is 0 Å². The van der Waals surface area contributed by atoms with Crippen molar-refractivity contribution in [3.8, 4) is 0 Å². The number of fused-ring (bicyclic) bond motifs is 2. The second-order valence-electron chi connectivity index (χ2n) is 7.05. The van der Waals surface area contributed by atoms with E-state index in [0.717, 1.165) is 36.9 Å². The van der Waals surface area contributed by atoms with Crippen LogP contribution in [0.2, 0.25) is 0 Å². The van der Waals surface area contributed by atoms with E-state index in [9.17, 15) is 4.79 Å². The minimum absolute atomic E-state index is 0.0213. The van der Waals surface area contributed by atoms with Crippen LogP contribution in [0.1, 0.15) is 59.3 Å². The van der Waals surface area contributed by atoms with Crippen LogP contribution in [0, 0.1) is 19.4 Å². The third kappa shape index (κ3) is 2.53. The lowest BCUT2D eigenvalue weighted by molar-refractivity contribution is 0.0908. The maximum atomic E-state index is 12.5. The first-order valence-electron chi connectivity index (χ1n) is 8.85. The zero-order valence-electron chi connectivity index (χ0n) is 14.9. The Morgan fingerprint density at radius 1 is 1.23 bits per heavy atom. The summed E-state index contributed by atoms with van der Waals surface area (Å²) in [5, 5.41) is 9.82. The van der Waals surface area contributed by atoms with Crippen molar-refractivity contribution in [3.05, 3.63) is 34.8 Å². The van der Waals surface area contributed by atoms with E-state index in [1.165, 1.54) is 12.7 Å². The third-order valence-electron chi connectivity index (χ3n) is 5.37. The molecule has 0 radical (unpaired) electrons. The van der Waals surface area contributed by atoms with Crippen molar-refractivity contribution in [2.24, 2.45) is 5.11 Å². The molecule has 2 aromatic heterocycles. The predicted octanol–water partition coefficient (Wildman–Crippen LogP) is 3.80. The highest BCUT2D eigenvalue weighted by Crippen LogP contribution is 2.43. The van der Waals surface area contributed by atoms with Crippen molar-refractivity contribution in [1.29, 1.82) is 5.53 Å². The highest BCUT2D eigenvalue weighted by atomic mass is 16.2. The average molecular weight is 351 g/mol. The van der Waals surface area contributed by atoms with Gasteiger partial charge in [0, 0.05) is 5.56 Å². The standard InChI is InChI=1S/C18H21N7O/c1-10-8-12(23-15-11(2)16(25-19)21-9-20-15)22-14-13(10)17(26)24-18(14)6-4-3-5-7-18/h8-9,19H,3-7H2,1-2H3,(H,24,26)(H,20,21,22,23). The SMILES string of the molecule is Cc1cc(Nc2ncnc(N=N)c2C)nc2c1C(=O)NC21CCCCC1. The van der Waals surface area contributed by atoms with Gasteiger partial charge in [-0.15, -0.1) is 5.11 Å². The average Bonchev–Trinajstić information content (AvgIpc) is 2.89. The number of aromatic nitrogens is 3. The molecule has 1 fully saturated rings. The molecule has 4 rings (SSSR count). The van der Waals surface area contributed by atoms with Gasteiger partial charge in [0.25, 0.3) is 5.91 Å². The molecular formula is C18H21N7O. The summed E-state index contributed by atoms with van der Waals surface area (Å²) in [6.45, 7) is 3.74. The molecule has 134 valence electrons. The Morgan fingerprint density at radius 3 is 2.73 bits per heavy atom. The number of carbonyl (C=O) groups excluding carboxylic acids is 1. The second-order valence-corrected chi connectivity index (χ2v) is 7.05. The first kappa shape index (κ1) is 16.6. The molecule has 1 aliphatic heterocycles. The molecule has 8 nitrogen and oxygen atoms in total. The summed E-state index contributed by atoms with van der Waals surface area (Å²) < 4.78 is 0. The van der Waals surface area contributed by atoms with Crippen LogP contribution in [0.3, 0.4) is 0 Å². The van der Waals surface area contributed by atoms with E-state index in [0.29, 0.717) is 28.6 Å². The molecule has 26 heavy (non-hydrogen) atoms. The van der Waals surface area contributed by atoms with Gasteiger partial charge in [-0.05, 0) is 38.3 Å². The van der Waals surface area contributed by atoms with Crippen molar-refractivity contribution in [2.75, 3.05) is 5.32 Å². The maximum absolute atomic E-state index is 12.5. The zero-order valence-corrected chi connectivity index (χ0v) is 14.9. The molecule has 0 atom stereocenters. The van der Waals surface area contributed by atoms with Crippen LogP contribution >= 0.6 is 0 Å². The Bertz CT molecular complexity index is 903. The third-order valence-corrected chi connectivity index (χ3v) is 5.37. The lowest BCUT2D eigenvalue weighted by Crippen LogP contribution is -2.41. The smallest absolute Gasteiger partial charge is 0.254 e. The molecular weight excluding hydrogens is 330 g/mol. The van der Waals surface area contributed by atoms with Gasteiger partial charge in [0.05, 0.1) is 16.8 Å². The Hall–Kier alpha value is -2.90. The van der Waals surface area contributed by atoms with E-state index in [4.69, 9.17) is 10.5 Å². The molecule has 0 aromatic carbocycles. The van der Waals surface area contributed by atoms with Crippen LogP contribution in [0.15, 0.2) is 17.5 Å². The number of pyridine rings is 1. The van der Waals surface area contributed by atoms with Crippen molar-refractivity contribution in [2.45, 2.75) is 51.5 Å². The fraction of sp³-hybridized carbons (Fsp3) is 0.444. The highest BCUT2D eigenvalue weighted by Gasteiger charge is 2.45. The normalized spacial score (nSPS) is 17.7. The van der Waals surface area contributed by atoms with Gasteiger partial charge in [0.2, 0.25) is 0 Å². The number of anilines is 2. The first-order valence-corrected chi connectivity index (χ1v) is 8.85. The number of aryl methyl sites for hydroxylation is 1. The minimum Gasteiger partial charge on any atom is -0.341 e. The van der Waals surface area contributed by atoms with Crippen LogP contribution in [0.4, 0.5) is 17.5 Å². The van der Waals surface area contributed by atoms with Gasteiger partial charge >= 0.3 is 0 Å². The van der Waals surface area contributed by atoms with E-state index < -0.39 is 0 Å². The summed E-state index contributed by atoms with van der Waals surface area (Å²) in [6.07, 6.45) is 6.61. The Morgan fingerprint density at radius 2 is 2.00 bits per heavy atom. The molecule has 1 spiro atoms. The highest BCUT2D eigenvalue weighted by molar-refractivity contribution is 6.01. The van der Waals surface area contributed by atoms with Gasteiger partial charge < -0.3 is 10.6 Å². The van der Waals surface area contributed by atoms with Crippen molar-refractivity contribution in [3.63, 3.8) is 0 Å². The maximum Gasteiger partial charge on any atom is 0.254 e. The van der Waals surface area contributed by atoms with E-state index in [1.807, 2.05) is 19.9 Å². The number of hydrogen-bond donors (Lipinski definition) is 3. The summed E-state index contributed by atoms with van der Waals surface area (Å²) >= 11 is 0. The van der Waals surface area contributed by atoms with Crippen molar-refractivity contribution >= 4 is 23.4 Å². The van der Waals surface area contributed by atoms with Gasteiger partial charge in [-0.3, -0.25) is 4.79 Å². The topological polar surface area (TPSA) is 116 Å². The number of nitrogens with zero attached hydrogens (tertiary/aromatic N) is 4. The number of hydrogen-bond acceptors (Lipinski definition) is 7. The number of carbonyl (C=O) groups is 1. The number of amides is 1. The van der Waals surface area contributed by atoms with Crippen molar-refractivity contribution < 1.29 is 4.79 Å². The van der Waals surface area contributed by atoms with Gasteiger partial charge in [0.15, 0.2) is 5.82 Å². The second kappa shape index (κ2) is 6.12. The van der Waals surface area contributed by atoms with Crippen LogP contribution in [0.5, 0.6) is 0 Å². The lowest BCUT2D eigenvalue weighted by Gasteiger charge is -2.33. The fourth-order valence-electron chi connectivity index (χ4n) is 4.03. The summed E-state index contributed by atoms with van der Waals surface area (Å²) in [7, 11) is 0. The quantitative estimate of drug-likeness (QED) is 0.727. The largest absolute Gasteiger partial charge is 0.341 e. The molecule has 8 heteroatoms. The molecule has 0 unspecified atom stereocenters. The van der Waals surface area contributed by atoms with Crippen LogP contribution in [-0.2, 0) is 5.54 Å². The molecule has 3 N–H and O–H groups in total. The summed E-state index contributed by atoms with van der Waals surface area (Å²) in [4.78, 5) is 25.6. The molecule has 3 heterocycles. The lowest BCUT2D eigenvalue weighted by atomic mass is 9.79. The molecule has 1 saturated carbocycles. The van der Waals surface area contributed by atoms with Gasteiger partial charge in [0.1, 0.15) is 18.0 Å². The van der Waals surface area contributed by atoms with E-state index in [2.05, 4.69) is 25.7 Å². The van der Waals surface area contributed by atoms with Crippen molar-refractivity contribution in [1.82, 2.24) is 20.3 Å². The molecule has 1 amide bonds. The first-order chi connectivity index (χ1) is 12.5. The number of nitrogens with one attached hydrogen (secondary N) is 3. The Labute approximate surface area is 151 Å². The van der Waals surface area contributed by atoms with Crippen LogP contribution in [-0.4, -0.2) is 20.9 Å². The van der Waals surface area contributed by atoms with Gasteiger partial charge in [-0.25, -0.2) is 20.5 Å². The molecule has 1 aliphatic carbocycles. The Kier molecular flexibility index (Phi) is 3.90. The molecule has 0 saturated heterocycles. The molecule has 2 aliphatic rings. The molecule has 0 bridgehead atoms. The van der Waals surface area contributed by atoms with Crippen LogP contribution < -0.4 is 10.6 Å². The molecule has 2 aromatic rings. The van der Waals surface area contributed by atoms with E-state index in [-0.39, 0.29) is 11.4 Å². The predicted molar refractivity (Wildman–Crippen MR) is 96.1 cm³/mol. The zero-order chi connectivity index (χ0) is 18.3. The minimum atomic E-state index is -0.338. The summed E-state index contributed by atoms with van der Waals surface area (Å²) in [5.41, 5.74) is 9.99. The summed E-state index contributed by atoms with van der Waals surface area (Å²) in [5.74, 6) is 1.50. The van der Waals surface area contributed by atoms with E-state index in [1.54, 1.807) is 0 Å². The van der Waals surface area contributed by atoms with Gasteiger partial charge in [-0.1, -0.05) is 19.3 Å². The number of rotatable bonds is 3. The van der Waals surface area contributed by atoms with E-state index >= 15 is 0 Å². The monoisotopic (exact) mass is 351 g/mol. The summed E-state index contributed by atoms with van der Waals surface area (Å²) in [6, 6.07) is 1.86. The Balaban J connectivity index is 1.76.